The maximum atomic E-state index is 13.1. The first kappa shape index (κ1) is 20.8. The second-order valence-electron chi connectivity index (χ2n) is 7.43. The van der Waals surface area contributed by atoms with Gasteiger partial charge in [-0.1, -0.05) is 63.4 Å². The van der Waals surface area contributed by atoms with Crippen LogP contribution in [0.4, 0.5) is 0 Å². The highest BCUT2D eigenvalue weighted by Gasteiger charge is 2.15. The molecule has 0 fully saturated rings. The molecule has 0 saturated carbocycles. The van der Waals surface area contributed by atoms with Gasteiger partial charge in [-0.3, -0.25) is 4.79 Å². The van der Waals surface area contributed by atoms with Crippen molar-refractivity contribution >= 4 is 16.8 Å². The van der Waals surface area contributed by atoms with E-state index in [1.165, 1.54) is 12.8 Å². The summed E-state index contributed by atoms with van der Waals surface area (Å²) in [5.74, 6) is 1.25. The number of carbonyl (C=O) groups is 1. The maximum absolute atomic E-state index is 13.1. The van der Waals surface area contributed by atoms with E-state index in [0.29, 0.717) is 18.0 Å². The number of carbonyl (C=O) groups excluding carboxylic acids is 1. The number of hydrogen-bond donors (Lipinski definition) is 1. The fourth-order valence-corrected chi connectivity index (χ4v) is 3.57. The largest absolute Gasteiger partial charge is 0.497 e. The summed E-state index contributed by atoms with van der Waals surface area (Å²) in [6, 6.07) is 17.5. The lowest BCUT2D eigenvalue weighted by atomic mass is 9.99. The number of unbranched alkanes of at least 4 members (excludes halogenated alkanes) is 1. The number of methoxy groups -OCH3 is 1. The van der Waals surface area contributed by atoms with E-state index in [4.69, 9.17) is 9.72 Å². The molecule has 1 amide bonds. The molecule has 4 nitrogen and oxygen atoms in total. The second-order valence-corrected chi connectivity index (χ2v) is 7.43. The number of amides is 1. The van der Waals surface area contributed by atoms with Crippen LogP contribution < -0.4 is 10.1 Å². The van der Waals surface area contributed by atoms with Crippen molar-refractivity contribution in [3.8, 4) is 17.0 Å². The number of aromatic nitrogens is 1. The van der Waals surface area contributed by atoms with Gasteiger partial charge in [0, 0.05) is 17.5 Å². The molecular formula is C25H30N2O2. The number of hydrogen-bond acceptors (Lipinski definition) is 3. The first-order valence-corrected chi connectivity index (χ1v) is 10.5. The molecule has 1 heterocycles. The van der Waals surface area contributed by atoms with Crippen LogP contribution in [0, 0.1) is 5.92 Å². The Morgan fingerprint density at radius 2 is 1.93 bits per heavy atom. The monoisotopic (exact) mass is 390 g/mol. The number of para-hydroxylation sites is 1. The molecule has 0 radical (unpaired) electrons. The van der Waals surface area contributed by atoms with Crippen LogP contribution in [0.2, 0.25) is 0 Å². The fraction of sp³-hybridized carbons (Fsp3) is 0.360. The summed E-state index contributed by atoms with van der Waals surface area (Å²) in [5.41, 5.74) is 3.18. The predicted octanol–water partition coefficient (Wildman–Crippen LogP) is 5.86. The zero-order chi connectivity index (χ0) is 20.6. The molecule has 1 atom stereocenters. The van der Waals surface area contributed by atoms with Crippen LogP contribution in [-0.2, 0) is 0 Å². The van der Waals surface area contributed by atoms with Gasteiger partial charge in [-0.25, -0.2) is 4.98 Å². The van der Waals surface area contributed by atoms with E-state index in [2.05, 4.69) is 19.2 Å². The van der Waals surface area contributed by atoms with Crippen LogP contribution >= 0.6 is 0 Å². The van der Waals surface area contributed by atoms with Gasteiger partial charge in [-0.05, 0) is 36.6 Å². The molecule has 0 spiro atoms. The summed E-state index contributed by atoms with van der Waals surface area (Å²) in [6.45, 7) is 5.10. The molecule has 0 bridgehead atoms. The Hall–Kier alpha value is -2.88. The van der Waals surface area contributed by atoms with Gasteiger partial charge in [-0.2, -0.15) is 0 Å². The van der Waals surface area contributed by atoms with Gasteiger partial charge in [0.25, 0.3) is 5.91 Å². The Bertz CT molecular complexity index is 968. The summed E-state index contributed by atoms with van der Waals surface area (Å²) >= 11 is 0. The zero-order valence-corrected chi connectivity index (χ0v) is 17.6. The van der Waals surface area contributed by atoms with Crippen LogP contribution in [-0.4, -0.2) is 24.5 Å². The molecular weight excluding hydrogens is 360 g/mol. The predicted molar refractivity (Wildman–Crippen MR) is 119 cm³/mol. The molecule has 0 aliphatic rings. The van der Waals surface area contributed by atoms with Crippen molar-refractivity contribution in [2.75, 3.05) is 13.7 Å². The van der Waals surface area contributed by atoms with Crippen LogP contribution in [0.5, 0.6) is 5.75 Å². The normalized spacial score (nSPS) is 12.0. The molecule has 1 N–H and O–H groups in total. The van der Waals surface area contributed by atoms with Crippen molar-refractivity contribution in [2.24, 2.45) is 5.92 Å². The maximum Gasteiger partial charge on any atom is 0.252 e. The standard InChI is InChI=1S/C25H30N2O2/c1-4-6-10-18(5-2)17-26-25(28)22-16-24(19-11-9-12-20(15-19)29-3)27-23-14-8-7-13-21(22)23/h7-9,11-16,18H,4-6,10,17H2,1-3H3,(H,26,28)/t18-/m1/s1. The number of nitrogens with one attached hydrogen (secondary N) is 1. The molecule has 4 heteroatoms. The Kier molecular flexibility index (Phi) is 7.23. The smallest absolute Gasteiger partial charge is 0.252 e. The molecule has 152 valence electrons. The lowest BCUT2D eigenvalue weighted by molar-refractivity contribution is 0.0947. The van der Waals surface area contributed by atoms with Crippen LogP contribution in [0.3, 0.4) is 0 Å². The van der Waals surface area contributed by atoms with Crippen molar-refractivity contribution in [3.05, 3.63) is 60.2 Å². The lowest BCUT2D eigenvalue weighted by Crippen LogP contribution is -2.29. The highest BCUT2D eigenvalue weighted by Crippen LogP contribution is 2.27. The number of pyridine rings is 1. The molecule has 0 aliphatic carbocycles. The number of fused-ring (bicyclic) bond motifs is 1. The minimum Gasteiger partial charge on any atom is -0.497 e. The topological polar surface area (TPSA) is 51.2 Å². The zero-order valence-electron chi connectivity index (χ0n) is 17.6. The number of benzene rings is 2. The Morgan fingerprint density at radius 3 is 2.69 bits per heavy atom. The minimum atomic E-state index is -0.0392. The molecule has 3 rings (SSSR count). The number of nitrogens with zero attached hydrogens (tertiary/aromatic N) is 1. The lowest BCUT2D eigenvalue weighted by Gasteiger charge is -2.16. The van der Waals surface area contributed by atoms with Gasteiger partial charge in [0.05, 0.1) is 23.9 Å². The van der Waals surface area contributed by atoms with E-state index in [9.17, 15) is 4.79 Å². The van der Waals surface area contributed by atoms with E-state index in [-0.39, 0.29) is 5.91 Å². The summed E-state index contributed by atoms with van der Waals surface area (Å²) < 4.78 is 5.34. The molecule has 0 saturated heterocycles. The summed E-state index contributed by atoms with van der Waals surface area (Å²) in [7, 11) is 1.65. The SMILES string of the molecule is CCCC[C@@H](CC)CNC(=O)c1cc(-c2cccc(OC)c2)nc2ccccc12. The van der Waals surface area contributed by atoms with Gasteiger partial charge in [0.2, 0.25) is 0 Å². The van der Waals surface area contributed by atoms with Crippen LogP contribution in [0.1, 0.15) is 49.9 Å². The van der Waals surface area contributed by atoms with Gasteiger partial charge >= 0.3 is 0 Å². The van der Waals surface area contributed by atoms with E-state index in [1.54, 1.807) is 7.11 Å². The third-order valence-electron chi connectivity index (χ3n) is 5.42. The third-order valence-corrected chi connectivity index (χ3v) is 5.42. The Labute approximate surface area is 173 Å². The summed E-state index contributed by atoms with van der Waals surface area (Å²) in [5, 5.41) is 4.03. The highest BCUT2D eigenvalue weighted by molar-refractivity contribution is 6.07. The van der Waals surface area contributed by atoms with Crippen LogP contribution in [0.25, 0.3) is 22.2 Å². The van der Waals surface area contributed by atoms with Crippen molar-refractivity contribution in [3.63, 3.8) is 0 Å². The average molecular weight is 391 g/mol. The van der Waals surface area contributed by atoms with Crippen LogP contribution in [0.15, 0.2) is 54.6 Å². The highest BCUT2D eigenvalue weighted by atomic mass is 16.5. The minimum absolute atomic E-state index is 0.0392. The van der Waals surface area contributed by atoms with Gasteiger partial charge in [0.15, 0.2) is 0 Å². The second kappa shape index (κ2) is 10.1. The third kappa shape index (κ3) is 5.14. The van der Waals surface area contributed by atoms with Crippen molar-refractivity contribution in [2.45, 2.75) is 39.5 Å². The van der Waals surface area contributed by atoms with Gasteiger partial charge in [-0.15, -0.1) is 0 Å². The van der Waals surface area contributed by atoms with Crippen molar-refractivity contribution in [1.82, 2.24) is 10.3 Å². The Morgan fingerprint density at radius 1 is 1.10 bits per heavy atom. The molecule has 0 unspecified atom stereocenters. The quantitative estimate of drug-likeness (QED) is 0.498. The molecule has 1 aromatic heterocycles. The van der Waals surface area contributed by atoms with Gasteiger partial charge in [0.1, 0.15) is 5.75 Å². The molecule has 3 aromatic rings. The summed E-state index contributed by atoms with van der Waals surface area (Å²) in [6.07, 6.45) is 4.61. The average Bonchev–Trinajstić information content (AvgIpc) is 2.78. The molecule has 29 heavy (non-hydrogen) atoms. The molecule has 2 aromatic carbocycles. The Balaban J connectivity index is 1.92. The van der Waals surface area contributed by atoms with E-state index >= 15 is 0 Å². The first-order valence-electron chi connectivity index (χ1n) is 10.5. The van der Waals surface area contributed by atoms with E-state index in [1.807, 2.05) is 54.6 Å². The number of ether oxygens (including phenoxy) is 1. The van der Waals surface area contributed by atoms with Gasteiger partial charge < -0.3 is 10.1 Å². The van der Waals surface area contributed by atoms with Crippen molar-refractivity contribution in [1.29, 1.82) is 0 Å². The van der Waals surface area contributed by atoms with E-state index in [0.717, 1.165) is 40.8 Å². The van der Waals surface area contributed by atoms with Crippen molar-refractivity contribution < 1.29 is 9.53 Å². The fourth-order valence-electron chi connectivity index (χ4n) is 3.57. The number of rotatable bonds is 9. The summed E-state index contributed by atoms with van der Waals surface area (Å²) in [4.78, 5) is 17.9. The van der Waals surface area contributed by atoms with E-state index < -0.39 is 0 Å². The molecule has 0 aliphatic heterocycles. The first-order chi connectivity index (χ1) is 14.2.